The minimum absolute atomic E-state index is 0.201. The Kier molecular flexibility index (Phi) is 6.34. The molecule has 1 heterocycles. The van der Waals surface area contributed by atoms with E-state index in [4.69, 9.17) is 0 Å². The van der Waals surface area contributed by atoms with E-state index in [1.807, 2.05) is 0 Å². The van der Waals surface area contributed by atoms with E-state index in [0.29, 0.717) is 12.5 Å². The Balaban J connectivity index is 1.37. The van der Waals surface area contributed by atoms with Crippen LogP contribution in [-0.4, -0.2) is 47.2 Å². The van der Waals surface area contributed by atoms with Crippen molar-refractivity contribution in [2.24, 2.45) is 0 Å². The summed E-state index contributed by atoms with van der Waals surface area (Å²) in [5.41, 5.74) is 0.873. The normalized spacial score (nSPS) is 26.0. The molecule has 1 saturated carbocycles. The first-order chi connectivity index (χ1) is 11.6. The van der Waals surface area contributed by atoms with Gasteiger partial charge in [-0.05, 0) is 51.4 Å². The zero-order chi connectivity index (χ0) is 16.8. The van der Waals surface area contributed by atoms with Crippen molar-refractivity contribution < 1.29 is 9.90 Å². The average molecular weight is 335 g/mol. The molecule has 0 spiro atoms. The molecule has 0 bridgehead atoms. The third kappa shape index (κ3) is 5.32. The molecule has 1 amide bonds. The molecule has 3 rings (SSSR count). The van der Waals surface area contributed by atoms with Gasteiger partial charge in [-0.25, -0.2) is 0 Å². The Morgan fingerprint density at radius 3 is 2.58 bits per heavy atom. The van der Waals surface area contributed by atoms with Gasteiger partial charge in [0.25, 0.3) is 0 Å². The minimum atomic E-state index is -0.457. The maximum atomic E-state index is 12.2. The summed E-state index contributed by atoms with van der Waals surface area (Å²) in [4.78, 5) is 14.6. The van der Waals surface area contributed by atoms with Crippen molar-refractivity contribution in [3.8, 4) is 0 Å². The summed E-state index contributed by atoms with van der Waals surface area (Å²) >= 11 is 0. The van der Waals surface area contributed by atoms with Crippen LogP contribution in [0.2, 0.25) is 0 Å². The maximum Gasteiger partial charge on any atom is 0.224 e. The van der Waals surface area contributed by atoms with Crippen molar-refractivity contribution in [2.45, 2.75) is 88.7 Å². The first-order valence-electron chi connectivity index (χ1n) is 10.0. The lowest BCUT2D eigenvalue weighted by atomic mass is 9.84. The zero-order valence-electron chi connectivity index (χ0n) is 15.1. The van der Waals surface area contributed by atoms with Gasteiger partial charge in [-0.2, -0.15) is 0 Å². The van der Waals surface area contributed by atoms with Gasteiger partial charge in [0.05, 0.1) is 5.60 Å². The van der Waals surface area contributed by atoms with Gasteiger partial charge in [-0.15, -0.1) is 0 Å². The van der Waals surface area contributed by atoms with Crippen LogP contribution in [0, 0.1) is 0 Å². The van der Waals surface area contributed by atoms with Gasteiger partial charge in [-0.1, -0.05) is 30.9 Å². The topological polar surface area (TPSA) is 52.6 Å². The summed E-state index contributed by atoms with van der Waals surface area (Å²) in [7, 11) is 0. The second-order valence-corrected chi connectivity index (χ2v) is 8.19. The van der Waals surface area contributed by atoms with E-state index in [2.05, 4.69) is 16.3 Å². The van der Waals surface area contributed by atoms with Crippen LogP contribution in [-0.2, 0) is 4.79 Å². The lowest BCUT2D eigenvalue weighted by Gasteiger charge is -2.40. The van der Waals surface area contributed by atoms with Crippen LogP contribution < -0.4 is 5.32 Å². The highest BCUT2D eigenvalue weighted by molar-refractivity contribution is 5.78. The number of likely N-dealkylation sites (tertiary alicyclic amines) is 1. The number of aliphatic hydroxyl groups is 1. The van der Waals surface area contributed by atoms with Crippen LogP contribution in [0.25, 0.3) is 0 Å². The van der Waals surface area contributed by atoms with Crippen molar-refractivity contribution in [3.05, 3.63) is 11.6 Å². The van der Waals surface area contributed by atoms with Crippen LogP contribution in [0.3, 0.4) is 0 Å². The Bertz CT molecular complexity index is 447. The number of allylic oxidation sites excluding steroid dienone is 1. The highest BCUT2D eigenvalue weighted by atomic mass is 16.3. The Labute approximate surface area is 146 Å². The molecule has 24 heavy (non-hydrogen) atoms. The molecule has 0 unspecified atom stereocenters. The van der Waals surface area contributed by atoms with Gasteiger partial charge < -0.3 is 15.3 Å². The maximum absolute atomic E-state index is 12.2. The van der Waals surface area contributed by atoms with Gasteiger partial charge in [0.2, 0.25) is 5.91 Å². The molecule has 0 atom stereocenters. The molecule has 136 valence electrons. The molecular weight excluding hydrogens is 300 g/mol. The predicted molar refractivity (Wildman–Crippen MR) is 96.8 cm³/mol. The lowest BCUT2D eigenvalue weighted by molar-refractivity contribution is -0.121. The first-order valence-corrected chi connectivity index (χ1v) is 10.0. The smallest absolute Gasteiger partial charge is 0.224 e. The number of carbonyl (C=O) groups is 1. The predicted octanol–water partition coefficient (Wildman–Crippen LogP) is 3.15. The lowest BCUT2D eigenvalue weighted by Crippen LogP contribution is -2.50. The fraction of sp³-hybridized carbons (Fsp3) is 0.850. The quantitative estimate of drug-likeness (QED) is 0.760. The van der Waals surface area contributed by atoms with Crippen molar-refractivity contribution in [2.75, 3.05) is 19.6 Å². The molecule has 2 aliphatic carbocycles. The van der Waals surface area contributed by atoms with E-state index in [1.165, 1.54) is 37.7 Å². The fourth-order valence-electron chi connectivity index (χ4n) is 4.57. The summed E-state index contributed by atoms with van der Waals surface area (Å²) in [6.07, 6.45) is 15.2. The van der Waals surface area contributed by atoms with Crippen molar-refractivity contribution in [1.29, 1.82) is 0 Å². The Morgan fingerprint density at radius 1 is 1.17 bits per heavy atom. The second kappa shape index (κ2) is 8.48. The van der Waals surface area contributed by atoms with Crippen molar-refractivity contribution in [3.63, 3.8) is 0 Å². The fourth-order valence-corrected chi connectivity index (χ4v) is 4.57. The number of amides is 1. The zero-order valence-corrected chi connectivity index (χ0v) is 15.1. The minimum Gasteiger partial charge on any atom is -0.389 e. The van der Waals surface area contributed by atoms with E-state index in [-0.39, 0.29) is 5.91 Å². The summed E-state index contributed by atoms with van der Waals surface area (Å²) in [6.45, 7) is 2.81. The monoisotopic (exact) mass is 334 g/mol. The van der Waals surface area contributed by atoms with Crippen LogP contribution in [0.1, 0.15) is 77.0 Å². The number of nitrogens with zero attached hydrogens (tertiary/aromatic N) is 1. The van der Waals surface area contributed by atoms with Gasteiger partial charge >= 0.3 is 0 Å². The van der Waals surface area contributed by atoms with Gasteiger partial charge in [-0.3, -0.25) is 4.79 Å². The molecule has 3 aliphatic rings. The molecular formula is C20H34N2O2. The summed E-state index contributed by atoms with van der Waals surface area (Å²) in [6, 6.07) is 0.318. The summed E-state index contributed by atoms with van der Waals surface area (Å²) < 4.78 is 0. The number of hydrogen-bond donors (Lipinski definition) is 2. The average Bonchev–Trinajstić information content (AvgIpc) is 2.58. The van der Waals surface area contributed by atoms with Crippen LogP contribution in [0.4, 0.5) is 0 Å². The van der Waals surface area contributed by atoms with E-state index >= 15 is 0 Å². The van der Waals surface area contributed by atoms with E-state index in [0.717, 1.165) is 58.2 Å². The first kappa shape index (κ1) is 17.9. The molecule has 2 N–H and O–H groups in total. The number of rotatable bonds is 5. The number of piperidine rings is 1. The number of hydrogen-bond acceptors (Lipinski definition) is 3. The highest BCUT2D eigenvalue weighted by Gasteiger charge is 2.32. The van der Waals surface area contributed by atoms with Gasteiger partial charge in [0, 0.05) is 32.1 Å². The molecule has 1 aliphatic heterocycles. The van der Waals surface area contributed by atoms with Crippen molar-refractivity contribution in [1.82, 2.24) is 10.2 Å². The Hall–Kier alpha value is -0.870. The molecule has 1 saturated heterocycles. The van der Waals surface area contributed by atoms with E-state index in [9.17, 15) is 9.90 Å². The molecule has 0 radical (unpaired) electrons. The van der Waals surface area contributed by atoms with Gasteiger partial charge in [0.1, 0.15) is 0 Å². The van der Waals surface area contributed by atoms with Crippen LogP contribution in [0.5, 0.6) is 0 Å². The second-order valence-electron chi connectivity index (χ2n) is 8.19. The van der Waals surface area contributed by atoms with Crippen molar-refractivity contribution >= 4 is 5.91 Å². The molecule has 0 aromatic rings. The number of carbonyl (C=O) groups excluding carboxylic acids is 1. The number of nitrogens with one attached hydrogen (secondary N) is 1. The molecule has 4 heteroatoms. The largest absolute Gasteiger partial charge is 0.389 e. The third-order valence-corrected chi connectivity index (χ3v) is 6.03. The third-order valence-electron chi connectivity index (χ3n) is 6.03. The standard InChI is InChI=1S/C20H34N2O2/c23-19(15-17-7-3-1-4-8-17)21-18-9-13-22(14-10-18)16-20(24)11-5-2-6-12-20/h7,18,24H,1-6,8-16H2,(H,21,23). The van der Waals surface area contributed by atoms with Crippen LogP contribution in [0.15, 0.2) is 11.6 Å². The number of β-amino-alcohol motifs (C(OH)–C–C–N with tert-alkyl or cyclic N) is 1. The van der Waals surface area contributed by atoms with E-state index in [1.54, 1.807) is 0 Å². The molecule has 4 nitrogen and oxygen atoms in total. The molecule has 0 aromatic heterocycles. The van der Waals surface area contributed by atoms with Crippen LogP contribution >= 0.6 is 0 Å². The SMILES string of the molecule is O=C(CC1=CCCCC1)NC1CCN(CC2(O)CCCCC2)CC1. The summed E-state index contributed by atoms with van der Waals surface area (Å²) in [5, 5.41) is 13.9. The highest BCUT2D eigenvalue weighted by Crippen LogP contribution is 2.29. The summed E-state index contributed by atoms with van der Waals surface area (Å²) in [5.74, 6) is 0.201. The molecule has 0 aromatic carbocycles. The van der Waals surface area contributed by atoms with Gasteiger partial charge in [0.15, 0.2) is 0 Å². The molecule has 2 fully saturated rings. The van der Waals surface area contributed by atoms with E-state index < -0.39 is 5.60 Å². The Morgan fingerprint density at radius 2 is 1.92 bits per heavy atom.